The van der Waals surface area contributed by atoms with E-state index in [4.69, 9.17) is 0 Å². The third-order valence-corrected chi connectivity index (χ3v) is 4.82. The third kappa shape index (κ3) is 2.25. The summed E-state index contributed by atoms with van der Waals surface area (Å²) in [7, 11) is 1.55. The Morgan fingerprint density at radius 2 is 1.89 bits per heavy atom. The number of halogens is 3. The second kappa shape index (κ2) is 4.80. The van der Waals surface area contributed by atoms with Gasteiger partial charge in [-0.2, -0.15) is 13.2 Å². The van der Waals surface area contributed by atoms with Crippen molar-refractivity contribution < 1.29 is 13.2 Å². The van der Waals surface area contributed by atoms with Gasteiger partial charge in [0.1, 0.15) is 5.41 Å². The predicted molar refractivity (Wildman–Crippen MR) is 73.8 cm³/mol. The van der Waals surface area contributed by atoms with E-state index in [2.05, 4.69) is 5.32 Å². The molecule has 0 spiro atoms. The molecule has 0 amide bonds. The molecular weight excluding hydrogens is 271 g/mol. The average molecular weight is 287 g/mol. The predicted octanol–water partition coefficient (Wildman–Crippen LogP) is 4.33. The highest BCUT2D eigenvalue weighted by Crippen LogP contribution is 2.44. The molecule has 0 saturated carbocycles. The lowest BCUT2D eigenvalue weighted by Crippen LogP contribution is -2.53. The monoisotopic (exact) mass is 287 g/mol. The van der Waals surface area contributed by atoms with Crippen molar-refractivity contribution in [1.29, 1.82) is 0 Å². The van der Waals surface area contributed by atoms with E-state index in [0.717, 1.165) is 10.1 Å². The van der Waals surface area contributed by atoms with Crippen molar-refractivity contribution in [2.75, 3.05) is 7.05 Å². The Hall–Kier alpha value is -1.07. The topological polar surface area (TPSA) is 12.0 Å². The van der Waals surface area contributed by atoms with E-state index < -0.39 is 17.6 Å². The number of likely N-dealkylation sites (N-methyl/N-ethyl adjacent to an activating group) is 1. The van der Waals surface area contributed by atoms with Crippen LogP contribution >= 0.6 is 11.3 Å². The molecule has 1 aromatic heterocycles. The third-order valence-electron chi connectivity index (χ3n) is 3.94. The van der Waals surface area contributed by atoms with Gasteiger partial charge < -0.3 is 5.32 Å². The molecule has 2 aromatic rings. The summed E-state index contributed by atoms with van der Waals surface area (Å²) in [4.78, 5) is 0. The molecule has 2 unspecified atom stereocenters. The van der Waals surface area contributed by atoms with Crippen LogP contribution in [0.5, 0.6) is 0 Å². The summed E-state index contributed by atoms with van der Waals surface area (Å²) in [5, 5.41) is 5.61. The highest BCUT2D eigenvalue weighted by atomic mass is 32.1. The Balaban J connectivity index is 2.60. The first-order valence-corrected chi connectivity index (χ1v) is 6.90. The molecule has 1 aromatic carbocycles. The van der Waals surface area contributed by atoms with Gasteiger partial charge in [0.25, 0.3) is 0 Å². The van der Waals surface area contributed by atoms with Gasteiger partial charge in [-0.1, -0.05) is 12.1 Å². The van der Waals surface area contributed by atoms with Crippen LogP contribution in [0.25, 0.3) is 10.1 Å². The van der Waals surface area contributed by atoms with Crippen LogP contribution in [0.15, 0.2) is 29.6 Å². The van der Waals surface area contributed by atoms with Gasteiger partial charge in [0.15, 0.2) is 0 Å². The Morgan fingerprint density at radius 3 is 2.47 bits per heavy atom. The fourth-order valence-corrected chi connectivity index (χ4v) is 3.05. The van der Waals surface area contributed by atoms with Crippen molar-refractivity contribution in [3.05, 3.63) is 35.2 Å². The standard InChI is InChI=1S/C14H16F3NS/c1-9(18-3)13(2,14(15,16)17)11-5-4-10-6-7-19-12(10)8-11/h4-9,18H,1-3H3. The lowest BCUT2D eigenvalue weighted by atomic mass is 9.75. The van der Waals surface area contributed by atoms with Crippen LogP contribution in [-0.2, 0) is 5.41 Å². The number of rotatable bonds is 3. The Morgan fingerprint density at radius 1 is 1.21 bits per heavy atom. The minimum atomic E-state index is -4.31. The first-order chi connectivity index (χ1) is 8.80. The van der Waals surface area contributed by atoms with Crippen LogP contribution in [0.1, 0.15) is 19.4 Å². The van der Waals surface area contributed by atoms with Crippen molar-refractivity contribution in [2.45, 2.75) is 31.5 Å². The van der Waals surface area contributed by atoms with Crippen molar-refractivity contribution in [3.8, 4) is 0 Å². The molecule has 0 aliphatic rings. The molecule has 0 bridgehead atoms. The summed E-state index contributed by atoms with van der Waals surface area (Å²) in [6.45, 7) is 2.81. The number of thiophene rings is 1. The lowest BCUT2D eigenvalue weighted by Gasteiger charge is -2.37. The van der Waals surface area contributed by atoms with Crippen LogP contribution in [0.2, 0.25) is 0 Å². The molecule has 5 heteroatoms. The van der Waals surface area contributed by atoms with Crippen molar-refractivity contribution in [3.63, 3.8) is 0 Å². The van der Waals surface area contributed by atoms with Crippen LogP contribution in [0, 0.1) is 0 Å². The Labute approximate surface area is 114 Å². The molecule has 0 radical (unpaired) electrons. The SMILES string of the molecule is CNC(C)C(C)(c1ccc2ccsc2c1)C(F)(F)F. The number of benzene rings is 1. The highest BCUT2D eigenvalue weighted by Gasteiger charge is 2.55. The molecular formula is C14H16F3NS. The lowest BCUT2D eigenvalue weighted by molar-refractivity contribution is -0.192. The van der Waals surface area contributed by atoms with E-state index in [0.29, 0.717) is 5.56 Å². The van der Waals surface area contributed by atoms with E-state index in [1.165, 1.54) is 18.3 Å². The number of nitrogens with one attached hydrogen (secondary N) is 1. The smallest absolute Gasteiger partial charge is 0.316 e. The Bertz CT molecular complexity index is 575. The fourth-order valence-electron chi connectivity index (χ4n) is 2.23. The molecule has 0 aliphatic carbocycles. The van der Waals surface area contributed by atoms with E-state index in [-0.39, 0.29) is 0 Å². The zero-order valence-electron chi connectivity index (χ0n) is 11.0. The minimum absolute atomic E-state index is 0.303. The molecule has 19 heavy (non-hydrogen) atoms. The zero-order chi connectivity index (χ0) is 14.3. The summed E-state index contributed by atoms with van der Waals surface area (Å²) in [5.41, 5.74) is -1.60. The number of hydrogen-bond donors (Lipinski definition) is 1. The van der Waals surface area contributed by atoms with Gasteiger partial charge in [0.05, 0.1) is 0 Å². The van der Waals surface area contributed by atoms with Gasteiger partial charge in [-0.25, -0.2) is 0 Å². The zero-order valence-corrected chi connectivity index (χ0v) is 11.8. The van der Waals surface area contributed by atoms with Gasteiger partial charge in [-0.05, 0) is 49.4 Å². The van der Waals surface area contributed by atoms with Gasteiger partial charge in [-0.15, -0.1) is 11.3 Å². The molecule has 0 fully saturated rings. The number of hydrogen-bond acceptors (Lipinski definition) is 2. The second-order valence-electron chi connectivity index (χ2n) is 4.88. The minimum Gasteiger partial charge on any atom is -0.316 e. The van der Waals surface area contributed by atoms with Crippen molar-refractivity contribution in [2.24, 2.45) is 0 Å². The van der Waals surface area contributed by atoms with E-state index in [1.807, 2.05) is 11.4 Å². The molecule has 2 atom stereocenters. The van der Waals surface area contributed by atoms with E-state index in [1.54, 1.807) is 32.2 Å². The summed E-state index contributed by atoms with van der Waals surface area (Å²) < 4.78 is 41.4. The molecule has 0 saturated heterocycles. The van der Waals surface area contributed by atoms with Crippen LogP contribution in [0.3, 0.4) is 0 Å². The van der Waals surface area contributed by atoms with Crippen LogP contribution < -0.4 is 5.32 Å². The van der Waals surface area contributed by atoms with Gasteiger partial charge in [0.2, 0.25) is 0 Å². The summed E-state index contributed by atoms with van der Waals surface area (Å²) in [6, 6.07) is 6.20. The number of alkyl halides is 3. The summed E-state index contributed by atoms with van der Waals surface area (Å²) in [6.07, 6.45) is -4.31. The quantitative estimate of drug-likeness (QED) is 0.886. The van der Waals surface area contributed by atoms with Crippen LogP contribution in [0.4, 0.5) is 13.2 Å². The maximum Gasteiger partial charge on any atom is 0.399 e. The van der Waals surface area contributed by atoms with Crippen molar-refractivity contribution in [1.82, 2.24) is 5.32 Å². The molecule has 1 nitrogen and oxygen atoms in total. The largest absolute Gasteiger partial charge is 0.399 e. The van der Waals surface area contributed by atoms with Crippen molar-refractivity contribution >= 4 is 21.4 Å². The normalized spacial score (nSPS) is 17.4. The maximum absolute atomic E-state index is 13.5. The van der Waals surface area contributed by atoms with E-state index >= 15 is 0 Å². The molecule has 1 heterocycles. The molecule has 1 N–H and O–H groups in total. The van der Waals surface area contributed by atoms with Gasteiger partial charge >= 0.3 is 6.18 Å². The second-order valence-corrected chi connectivity index (χ2v) is 5.83. The fraction of sp³-hybridized carbons (Fsp3) is 0.429. The molecule has 104 valence electrons. The summed E-state index contributed by atoms with van der Waals surface area (Å²) in [5.74, 6) is 0. The maximum atomic E-state index is 13.5. The molecule has 2 rings (SSSR count). The molecule has 0 aliphatic heterocycles. The Kier molecular flexibility index (Phi) is 3.62. The average Bonchev–Trinajstić information content (AvgIpc) is 2.82. The van der Waals surface area contributed by atoms with Gasteiger partial charge in [-0.3, -0.25) is 0 Å². The first-order valence-electron chi connectivity index (χ1n) is 6.02. The number of fused-ring (bicyclic) bond motifs is 1. The summed E-state index contributed by atoms with van der Waals surface area (Å²) >= 11 is 1.46. The first kappa shape index (κ1) is 14.3. The van der Waals surface area contributed by atoms with E-state index in [9.17, 15) is 13.2 Å². The highest BCUT2D eigenvalue weighted by molar-refractivity contribution is 7.17. The van der Waals surface area contributed by atoms with Gasteiger partial charge in [0, 0.05) is 10.7 Å². The van der Waals surface area contributed by atoms with Crippen LogP contribution in [-0.4, -0.2) is 19.3 Å².